The van der Waals surface area contributed by atoms with Crippen LogP contribution in [-0.4, -0.2) is 42.3 Å². The van der Waals surface area contributed by atoms with E-state index in [4.69, 9.17) is 4.74 Å². The summed E-state index contributed by atoms with van der Waals surface area (Å²) >= 11 is 0. The van der Waals surface area contributed by atoms with E-state index in [0.717, 1.165) is 63.0 Å². The lowest BCUT2D eigenvalue weighted by atomic mass is 10.1. The molecular weight excluding hydrogens is 501 g/mol. The van der Waals surface area contributed by atoms with Crippen molar-refractivity contribution < 1.29 is 4.74 Å². The van der Waals surface area contributed by atoms with Gasteiger partial charge in [0.2, 0.25) is 0 Å². The Kier molecular flexibility index (Phi) is 8.75. The minimum absolute atomic E-state index is 0. The number of aliphatic imine (C=N–C) groups is 1. The summed E-state index contributed by atoms with van der Waals surface area (Å²) in [6, 6.07) is 17.0. The molecule has 7 heteroatoms. The van der Waals surface area contributed by atoms with Crippen molar-refractivity contribution in [1.82, 2.24) is 20.2 Å². The van der Waals surface area contributed by atoms with Gasteiger partial charge in [-0.1, -0.05) is 42.5 Å². The summed E-state index contributed by atoms with van der Waals surface area (Å²) in [6.45, 7) is 3.26. The Labute approximate surface area is 201 Å². The molecule has 164 valence electrons. The van der Waals surface area contributed by atoms with E-state index in [0.29, 0.717) is 0 Å². The summed E-state index contributed by atoms with van der Waals surface area (Å²) in [7, 11) is 1.80. The molecule has 0 fully saturated rings. The number of halogens is 1. The lowest BCUT2D eigenvalue weighted by Crippen LogP contribution is -2.39. The molecule has 0 unspecified atom stereocenters. The third-order valence-corrected chi connectivity index (χ3v) is 5.32. The quantitative estimate of drug-likeness (QED) is 0.266. The van der Waals surface area contributed by atoms with Crippen molar-refractivity contribution in [3.63, 3.8) is 0 Å². The number of hydrogen-bond donors (Lipinski definition) is 2. The summed E-state index contributed by atoms with van der Waals surface area (Å²) < 4.78 is 7.78. The highest BCUT2D eigenvalue weighted by atomic mass is 127. The van der Waals surface area contributed by atoms with Crippen LogP contribution in [0.25, 0.3) is 0 Å². The zero-order valence-electron chi connectivity index (χ0n) is 17.9. The van der Waals surface area contributed by atoms with Crippen LogP contribution in [-0.2, 0) is 25.8 Å². The molecule has 6 nitrogen and oxygen atoms in total. The topological polar surface area (TPSA) is 63.5 Å². The van der Waals surface area contributed by atoms with Crippen molar-refractivity contribution in [2.75, 3.05) is 26.7 Å². The average Bonchev–Trinajstić information content (AvgIpc) is 3.42. The van der Waals surface area contributed by atoms with E-state index < -0.39 is 0 Å². The number of imidazole rings is 1. The summed E-state index contributed by atoms with van der Waals surface area (Å²) in [6.07, 6.45) is 6.71. The van der Waals surface area contributed by atoms with Crippen LogP contribution < -0.4 is 15.4 Å². The maximum atomic E-state index is 5.58. The van der Waals surface area contributed by atoms with Crippen molar-refractivity contribution in [2.45, 2.75) is 25.8 Å². The SMILES string of the molecule is CN=C(NCCc1ccc2c(c1)CCO2)NCCc1nccn1Cc1ccccc1.I. The number of rotatable bonds is 8. The number of aromatic nitrogens is 2. The van der Waals surface area contributed by atoms with Gasteiger partial charge in [-0.2, -0.15) is 0 Å². The first-order chi connectivity index (χ1) is 14.8. The summed E-state index contributed by atoms with van der Waals surface area (Å²) in [5.74, 6) is 2.93. The van der Waals surface area contributed by atoms with Gasteiger partial charge in [-0.05, 0) is 29.2 Å². The van der Waals surface area contributed by atoms with Crippen LogP contribution in [0.15, 0.2) is 65.9 Å². The number of guanidine groups is 1. The molecule has 0 aliphatic carbocycles. The van der Waals surface area contributed by atoms with E-state index in [1.165, 1.54) is 16.7 Å². The first-order valence-electron chi connectivity index (χ1n) is 10.5. The van der Waals surface area contributed by atoms with Gasteiger partial charge in [-0.3, -0.25) is 4.99 Å². The molecule has 3 aromatic rings. The van der Waals surface area contributed by atoms with Gasteiger partial charge in [0.25, 0.3) is 0 Å². The van der Waals surface area contributed by atoms with Crippen LogP contribution in [0.2, 0.25) is 0 Å². The third-order valence-electron chi connectivity index (χ3n) is 5.32. The van der Waals surface area contributed by atoms with Gasteiger partial charge >= 0.3 is 0 Å². The largest absolute Gasteiger partial charge is 0.493 e. The molecule has 0 saturated heterocycles. The highest BCUT2D eigenvalue weighted by Gasteiger charge is 2.11. The molecule has 0 amide bonds. The van der Waals surface area contributed by atoms with Crippen LogP contribution >= 0.6 is 24.0 Å². The molecule has 0 radical (unpaired) electrons. The molecule has 2 N–H and O–H groups in total. The lowest BCUT2D eigenvalue weighted by molar-refractivity contribution is 0.357. The maximum absolute atomic E-state index is 5.58. The minimum Gasteiger partial charge on any atom is -0.493 e. The highest BCUT2D eigenvalue weighted by molar-refractivity contribution is 14.0. The molecule has 0 saturated carbocycles. The first kappa shape index (κ1) is 23.1. The number of nitrogens with one attached hydrogen (secondary N) is 2. The second kappa shape index (κ2) is 11.7. The molecular formula is C24H30IN5O. The molecule has 1 aliphatic heterocycles. The van der Waals surface area contributed by atoms with Crippen molar-refractivity contribution in [3.05, 3.63) is 83.4 Å². The molecule has 0 spiro atoms. The number of nitrogens with zero attached hydrogens (tertiary/aromatic N) is 3. The third kappa shape index (κ3) is 6.46. The highest BCUT2D eigenvalue weighted by Crippen LogP contribution is 2.25. The fraction of sp³-hybridized carbons (Fsp3) is 0.333. The lowest BCUT2D eigenvalue weighted by Gasteiger charge is -2.13. The Morgan fingerprint density at radius 2 is 1.87 bits per heavy atom. The average molecular weight is 531 g/mol. The second-order valence-corrected chi connectivity index (χ2v) is 7.42. The molecule has 31 heavy (non-hydrogen) atoms. The molecule has 0 bridgehead atoms. The first-order valence-corrected chi connectivity index (χ1v) is 10.5. The van der Waals surface area contributed by atoms with Crippen LogP contribution in [0.1, 0.15) is 22.5 Å². The summed E-state index contributed by atoms with van der Waals surface area (Å²) in [5, 5.41) is 6.79. The van der Waals surface area contributed by atoms with Gasteiger partial charge in [-0.15, -0.1) is 24.0 Å². The Hall–Kier alpha value is -2.55. The minimum atomic E-state index is 0. The second-order valence-electron chi connectivity index (χ2n) is 7.42. The Balaban J connectivity index is 0.00000272. The van der Waals surface area contributed by atoms with E-state index in [1.807, 2.05) is 18.5 Å². The van der Waals surface area contributed by atoms with Crippen molar-refractivity contribution in [1.29, 1.82) is 0 Å². The standard InChI is InChI=1S/C24H29N5O.HI/c1-25-24(27-12-9-19-7-8-22-21(17-19)11-16-30-22)28-13-10-23-26-14-15-29(23)18-20-5-3-2-4-6-20;/h2-8,14-15,17H,9-13,16,18H2,1H3,(H2,25,27,28);1H. The fourth-order valence-corrected chi connectivity index (χ4v) is 3.73. The zero-order valence-corrected chi connectivity index (χ0v) is 20.2. The summed E-state index contributed by atoms with van der Waals surface area (Å²) in [5.41, 5.74) is 3.92. The number of fused-ring (bicyclic) bond motifs is 1. The Morgan fingerprint density at radius 3 is 2.68 bits per heavy atom. The molecule has 2 aromatic carbocycles. The molecule has 0 atom stereocenters. The van der Waals surface area contributed by atoms with Crippen LogP contribution in [0.5, 0.6) is 5.75 Å². The van der Waals surface area contributed by atoms with Crippen LogP contribution in [0.3, 0.4) is 0 Å². The van der Waals surface area contributed by atoms with Gasteiger partial charge in [0.1, 0.15) is 11.6 Å². The number of ether oxygens (including phenoxy) is 1. The van der Waals surface area contributed by atoms with E-state index in [9.17, 15) is 0 Å². The Morgan fingerprint density at radius 1 is 1.06 bits per heavy atom. The summed E-state index contributed by atoms with van der Waals surface area (Å²) in [4.78, 5) is 8.85. The fourth-order valence-electron chi connectivity index (χ4n) is 3.73. The van der Waals surface area contributed by atoms with Crippen molar-refractivity contribution >= 4 is 29.9 Å². The number of benzene rings is 2. The zero-order chi connectivity index (χ0) is 20.6. The normalized spacial score (nSPS) is 12.6. The maximum Gasteiger partial charge on any atom is 0.191 e. The van der Waals surface area contributed by atoms with Crippen LogP contribution in [0, 0.1) is 0 Å². The number of hydrogen-bond acceptors (Lipinski definition) is 3. The van der Waals surface area contributed by atoms with Gasteiger partial charge in [0.05, 0.1) is 6.61 Å². The smallest absolute Gasteiger partial charge is 0.191 e. The van der Waals surface area contributed by atoms with E-state index in [1.54, 1.807) is 7.05 Å². The predicted molar refractivity (Wildman–Crippen MR) is 136 cm³/mol. The molecule has 1 aliphatic rings. The van der Waals surface area contributed by atoms with E-state index in [2.05, 4.69) is 67.6 Å². The van der Waals surface area contributed by atoms with E-state index >= 15 is 0 Å². The molecule has 2 heterocycles. The predicted octanol–water partition coefficient (Wildman–Crippen LogP) is 3.43. The van der Waals surface area contributed by atoms with Crippen molar-refractivity contribution in [2.24, 2.45) is 4.99 Å². The van der Waals surface area contributed by atoms with Crippen molar-refractivity contribution in [3.8, 4) is 5.75 Å². The monoisotopic (exact) mass is 531 g/mol. The van der Waals surface area contributed by atoms with Gasteiger partial charge in [0.15, 0.2) is 5.96 Å². The van der Waals surface area contributed by atoms with Gasteiger partial charge < -0.3 is 19.9 Å². The molecule has 4 rings (SSSR count). The van der Waals surface area contributed by atoms with Crippen LogP contribution in [0.4, 0.5) is 0 Å². The van der Waals surface area contributed by atoms with E-state index in [-0.39, 0.29) is 24.0 Å². The van der Waals surface area contributed by atoms with Gasteiger partial charge in [-0.25, -0.2) is 4.98 Å². The van der Waals surface area contributed by atoms with Gasteiger partial charge in [0, 0.05) is 51.9 Å². The molecule has 1 aromatic heterocycles. The Bertz CT molecular complexity index is 987.